The third-order valence-corrected chi connectivity index (χ3v) is 6.05. The number of likely N-dealkylation sites (tertiary alicyclic amines) is 1. The van der Waals surface area contributed by atoms with Gasteiger partial charge in [0.05, 0.1) is 5.56 Å². The summed E-state index contributed by atoms with van der Waals surface area (Å²) >= 11 is 0. The molecule has 0 radical (unpaired) electrons. The highest BCUT2D eigenvalue weighted by Crippen LogP contribution is 2.32. The molecule has 11 heteroatoms. The summed E-state index contributed by atoms with van der Waals surface area (Å²) in [7, 11) is 0. The van der Waals surface area contributed by atoms with E-state index in [0.717, 1.165) is 16.8 Å². The Morgan fingerprint density at radius 1 is 1.18 bits per heavy atom. The highest BCUT2D eigenvalue weighted by atomic mass is 19.4. The number of halogens is 3. The van der Waals surface area contributed by atoms with Crippen LogP contribution in [0.15, 0.2) is 29.2 Å². The number of carbonyl (C=O) groups excluding carboxylic acids is 1. The van der Waals surface area contributed by atoms with Gasteiger partial charge in [0.25, 0.3) is 11.5 Å². The molecule has 0 N–H and O–H groups in total. The predicted molar refractivity (Wildman–Crippen MR) is 113 cm³/mol. The smallest absolute Gasteiger partial charge is 0.350 e. The van der Waals surface area contributed by atoms with Gasteiger partial charge in [0.15, 0.2) is 11.5 Å². The van der Waals surface area contributed by atoms with Gasteiger partial charge in [-0.2, -0.15) is 17.7 Å². The van der Waals surface area contributed by atoms with Crippen LogP contribution >= 0.6 is 0 Å². The summed E-state index contributed by atoms with van der Waals surface area (Å²) in [5.41, 5.74) is 0.856. The van der Waals surface area contributed by atoms with E-state index in [1.165, 1.54) is 6.07 Å². The Labute approximate surface area is 186 Å². The minimum Gasteiger partial charge on any atom is -0.350 e. The second kappa shape index (κ2) is 7.53. The predicted octanol–water partition coefficient (Wildman–Crippen LogP) is 2.47. The molecule has 172 valence electrons. The van der Waals surface area contributed by atoms with Crippen LogP contribution in [0, 0.1) is 12.8 Å². The van der Waals surface area contributed by atoms with Gasteiger partial charge in [0.1, 0.15) is 5.69 Å². The average Bonchev–Trinajstić information content (AvgIpc) is 2.74. The van der Waals surface area contributed by atoms with E-state index in [1.807, 2.05) is 11.8 Å². The van der Waals surface area contributed by atoms with Gasteiger partial charge in [-0.3, -0.25) is 14.6 Å². The molecule has 3 aromatic rings. The molecule has 0 atom stereocenters. The lowest BCUT2D eigenvalue weighted by Crippen LogP contribution is -2.49. The number of anilines is 1. The van der Waals surface area contributed by atoms with E-state index in [0.29, 0.717) is 54.6 Å². The number of pyridine rings is 1. The molecule has 1 saturated heterocycles. The van der Waals surface area contributed by atoms with Crippen molar-refractivity contribution in [3.05, 3.63) is 62.8 Å². The normalized spacial score (nSPS) is 16.6. The Morgan fingerprint density at radius 2 is 1.94 bits per heavy atom. The monoisotopic (exact) mass is 458 g/mol. The van der Waals surface area contributed by atoms with Gasteiger partial charge < -0.3 is 9.80 Å². The van der Waals surface area contributed by atoms with Crippen LogP contribution in [0.2, 0.25) is 0 Å². The number of aromatic nitrogens is 4. The van der Waals surface area contributed by atoms with Crippen LogP contribution in [0.3, 0.4) is 0 Å². The molecular weight excluding hydrogens is 437 g/mol. The summed E-state index contributed by atoms with van der Waals surface area (Å²) < 4.78 is 40.4. The minimum atomic E-state index is -4.47. The van der Waals surface area contributed by atoms with Gasteiger partial charge in [-0.25, -0.2) is 4.98 Å². The van der Waals surface area contributed by atoms with E-state index in [-0.39, 0.29) is 23.8 Å². The quantitative estimate of drug-likeness (QED) is 0.587. The molecule has 2 aliphatic heterocycles. The molecule has 0 aromatic carbocycles. The van der Waals surface area contributed by atoms with Gasteiger partial charge in [0, 0.05) is 50.6 Å². The molecule has 0 spiro atoms. The number of alkyl halides is 3. The van der Waals surface area contributed by atoms with Crippen LogP contribution in [-0.2, 0) is 19.1 Å². The van der Waals surface area contributed by atoms with E-state index in [4.69, 9.17) is 0 Å². The summed E-state index contributed by atoms with van der Waals surface area (Å²) in [6, 6.07) is 3.96. The van der Waals surface area contributed by atoms with Crippen molar-refractivity contribution in [2.24, 2.45) is 5.92 Å². The van der Waals surface area contributed by atoms with Gasteiger partial charge in [0.2, 0.25) is 0 Å². The van der Waals surface area contributed by atoms with E-state index >= 15 is 0 Å². The van der Waals surface area contributed by atoms with Gasteiger partial charge in [-0.1, -0.05) is 6.92 Å². The third kappa shape index (κ3) is 3.81. The number of hydrogen-bond donors (Lipinski definition) is 0. The van der Waals surface area contributed by atoms with Crippen molar-refractivity contribution in [3.63, 3.8) is 0 Å². The minimum absolute atomic E-state index is 0.0819. The number of aryl methyl sites for hydroxylation is 1. The Kier molecular flexibility index (Phi) is 4.87. The molecule has 1 amide bonds. The van der Waals surface area contributed by atoms with Crippen molar-refractivity contribution in [2.75, 3.05) is 24.5 Å². The highest BCUT2D eigenvalue weighted by molar-refractivity contribution is 5.93. The standard InChI is InChI=1S/C22H21F3N6O2/c1-12-9-30(10-12)21(33)17-7-19(32)31-18(27-17)5-13(2)20(28-31)29-4-3-16-14(11-29)6-15(8-26-16)22(23,24)25/h5-8,12H,3-4,9-11H2,1-2H3. The van der Waals surface area contributed by atoms with E-state index in [1.54, 1.807) is 17.9 Å². The summed E-state index contributed by atoms with van der Waals surface area (Å²) in [6.07, 6.45) is -3.15. The zero-order valence-corrected chi connectivity index (χ0v) is 18.1. The first-order chi connectivity index (χ1) is 15.6. The molecular formula is C22H21F3N6O2. The van der Waals surface area contributed by atoms with Gasteiger partial charge in [-0.15, -0.1) is 5.10 Å². The van der Waals surface area contributed by atoms with Gasteiger partial charge in [-0.05, 0) is 36.1 Å². The fourth-order valence-electron chi connectivity index (χ4n) is 4.33. The fraction of sp³-hybridized carbons (Fsp3) is 0.409. The molecule has 5 rings (SSSR count). The molecule has 0 saturated carbocycles. The average molecular weight is 458 g/mol. The van der Waals surface area contributed by atoms with Crippen LogP contribution in [-0.4, -0.2) is 50.0 Å². The van der Waals surface area contributed by atoms with Crippen molar-refractivity contribution in [1.29, 1.82) is 0 Å². The lowest BCUT2D eigenvalue weighted by Gasteiger charge is -2.36. The molecule has 3 aromatic heterocycles. The van der Waals surface area contributed by atoms with Crippen molar-refractivity contribution in [3.8, 4) is 0 Å². The molecule has 0 aliphatic carbocycles. The van der Waals surface area contributed by atoms with Crippen LogP contribution < -0.4 is 10.5 Å². The summed E-state index contributed by atoms with van der Waals surface area (Å²) in [5.74, 6) is 0.624. The topological polar surface area (TPSA) is 83.7 Å². The fourth-order valence-corrected chi connectivity index (χ4v) is 4.33. The second-order valence-corrected chi connectivity index (χ2v) is 8.72. The highest BCUT2D eigenvalue weighted by Gasteiger charge is 2.33. The number of fused-ring (bicyclic) bond motifs is 2. The van der Waals surface area contributed by atoms with Crippen LogP contribution in [0.5, 0.6) is 0 Å². The largest absolute Gasteiger partial charge is 0.417 e. The molecule has 1 fully saturated rings. The summed E-state index contributed by atoms with van der Waals surface area (Å²) in [6.45, 7) is 5.79. The maximum absolute atomic E-state index is 13.1. The molecule has 0 unspecified atom stereocenters. The van der Waals surface area contributed by atoms with Crippen molar-refractivity contribution in [1.82, 2.24) is 24.5 Å². The number of amides is 1. The first-order valence-corrected chi connectivity index (χ1v) is 10.6. The van der Waals surface area contributed by atoms with Crippen molar-refractivity contribution in [2.45, 2.75) is 33.0 Å². The van der Waals surface area contributed by atoms with Crippen LogP contribution in [0.1, 0.15) is 39.8 Å². The number of nitrogens with zero attached hydrogens (tertiary/aromatic N) is 6. The molecule has 0 bridgehead atoms. The Bertz CT molecular complexity index is 1330. The lowest BCUT2D eigenvalue weighted by molar-refractivity contribution is -0.137. The number of carbonyl (C=O) groups is 1. The maximum Gasteiger partial charge on any atom is 0.417 e. The molecule has 2 aliphatic rings. The van der Waals surface area contributed by atoms with Crippen molar-refractivity contribution < 1.29 is 18.0 Å². The molecule has 33 heavy (non-hydrogen) atoms. The Hall–Kier alpha value is -3.50. The zero-order chi connectivity index (χ0) is 23.5. The van der Waals surface area contributed by atoms with Crippen LogP contribution in [0.25, 0.3) is 5.65 Å². The first-order valence-electron chi connectivity index (χ1n) is 10.6. The van der Waals surface area contributed by atoms with Crippen molar-refractivity contribution >= 4 is 17.4 Å². The molecule has 8 nitrogen and oxygen atoms in total. The Morgan fingerprint density at radius 3 is 2.64 bits per heavy atom. The SMILES string of the molecule is Cc1cc2nc(C(=O)N3CC(C)C3)cc(=O)n2nc1N1CCc2ncc(C(F)(F)F)cc2C1. The third-order valence-electron chi connectivity index (χ3n) is 6.05. The van der Waals surface area contributed by atoms with Gasteiger partial charge >= 0.3 is 6.18 Å². The van der Waals surface area contributed by atoms with E-state index in [2.05, 4.69) is 15.1 Å². The van der Waals surface area contributed by atoms with E-state index in [9.17, 15) is 22.8 Å². The van der Waals surface area contributed by atoms with Crippen LogP contribution in [0.4, 0.5) is 19.0 Å². The lowest BCUT2D eigenvalue weighted by atomic mass is 10.0. The molecule has 5 heterocycles. The number of rotatable bonds is 2. The first kappa shape index (κ1) is 21.4. The van der Waals surface area contributed by atoms with E-state index < -0.39 is 17.3 Å². The summed E-state index contributed by atoms with van der Waals surface area (Å²) in [5, 5.41) is 4.43. The Balaban J connectivity index is 1.48. The second-order valence-electron chi connectivity index (χ2n) is 8.72. The zero-order valence-electron chi connectivity index (χ0n) is 18.1. The number of hydrogen-bond acceptors (Lipinski definition) is 6. The maximum atomic E-state index is 13.1. The summed E-state index contributed by atoms with van der Waals surface area (Å²) in [4.78, 5) is 37.1.